The minimum atomic E-state index is 0.223. The molecule has 1 saturated heterocycles. The van der Waals surface area contributed by atoms with Gasteiger partial charge < -0.3 is 14.5 Å². The Morgan fingerprint density at radius 1 is 0.949 bits per heavy atom. The van der Waals surface area contributed by atoms with E-state index in [1.165, 1.54) is 12.3 Å². The first-order valence-corrected chi connectivity index (χ1v) is 15.4. The van der Waals surface area contributed by atoms with Crippen LogP contribution < -0.4 is 10.1 Å². The number of benzene rings is 2. The molecule has 1 aliphatic heterocycles. The quantitative estimate of drug-likeness (QED) is 0.217. The summed E-state index contributed by atoms with van der Waals surface area (Å²) >= 11 is 0. The van der Waals surface area contributed by atoms with Crippen molar-refractivity contribution in [3.05, 3.63) is 90.2 Å². The van der Waals surface area contributed by atoms with Crippen molar-refractivity contribution in [2.45, 2.75) is 20.4 Å². The minimum Gasteiger partial charge on any atom is -0.460 e. The molecule has 5 aromatic rings. The summed E-state index contributed by atoms with van der Waals surface area (Å²) in [4.78, 5) is 15.8. The van der Waals surface area contributed by atoms with E-state index >= 15 is 0 Å². The normalized spacial score (nSPS) is 14.5. The number of aromatic nitrogens is 3. The van der Waals surface area contributed by atoms with Crippen molar-refractivity contribution < 1.29 is 9.15 Å². The number of pyridine rings is 1. The van der Waals surface area contributed by atoms with E-state index in [9.17, 15) is 0 Å². The van der Waals surface area contributed by atoms with Crippen LogP contribution in [0.5, 0.6) is 11.5 Å². The van der Waals surface area contributed by atoms with Crippen LogP contribution in [-0.4, -0.2) is 51.9 Å². The molecule has 3 aromatic heterocycles. The third-order valence-corrected chi connectivity index (χ3v) is 9.03. The van der Waals surface area contributed by atoms with Gasteiger partial charge in [0.2, 0.25) is 0 Å². The standard InChI is InChI=1S/C31H32N5O2P/c1-21-16-24(6-10-29(21)37-25-7-4-22(2)32-18-25)35-31-27-17-23(5-9-28(27)33-20-34-31)30-11-8-26(38-30)19-36-12-14-39(3)15-13-36/h4-11,16-18,20H,12-15,19H2,1-3H3,(H,33,34,35). The van der Waals surface area contributed by atoms with E-state index in [2.05, 4.69) is 62.2 Å². The third kappa shape index (κ3) is 5.95. The zero-order chi connectivity index (χ0) is 26.8. The predicted octanol–water partition coefficient (Wildman–Crippen LogP) is 7.36. The number of nitrogens with zero attached hydrogens (tertiary/aromatic N) is 4. The summed E-state index contributed by atoms with van der Waals surface area (Å²) < 4.78 is 12.3. The summed E-state index contributed by atoms with van der Waals surface area (Å²) in [7, 11) is 0.223. The number of nitrogens with one attached hydrogen (secondary N) is 1. The van der Waals surface area contributed by atoms with E-state index in [4.69, 9.17) is 9.15 Å². The molecular weight excluding hydrogens is 505 g/mol. The van der Waals surface area contributed by atoms with Crippen LogP contribution in [0.25, 0.3) is 22.2 Å². The summed E-state index contributed by atoms with van der Waals surface area (Å²) in [6, 6.07) is 20.2. The van der Waals surface area contributed by atoms with E-state index in [1.54, 1.807) is 12.5 Å². The van der Waals surface area contributed by atoms with Crippen LogP contribution in [0.4, 0.5) is 11.5 Å². The molecule has 1 fully saturated rings. The number of hydrogen-bond acceptors (Lipinski definition) is 7. The second-order valence-corrected chi connectivity index (χ2v) is 12.7. The average Bonchev–Trinajstić information content (AvgIpc) is 3.41. The van der Waals surface area contributed by atoms with E-state index in [0.717, 1.165) is 76.1 Å². The second kappa shape index (κ2) is 11.1. The number of ether oxygens (including phenoxy) is 1. The van der Waals surface area contributed by atoms with E-state index in [0.29, 0.717) is 5.75 Å². The van der Waals surface area contributed by atoms with E-state index < -0.39 is 0 Å². The van der Waals surface area contributed by atoms with Gasteiger partial charge in [-0.1, -0.05) is 0 Å². The number of fused-ring (bicyclic) bond motifs is 1. The molecule has 39 heavy (non-hydrogen) atoms. The molecule has 198 valence electrons. The molecule has 0 atom stereocenters. The van der Waals surface area contributed by atoms with Crippen molar-refractivity contribution in [1.29, 1.82) is 0 Å². The predicted molar refractivity (Wildman–Crippen MR) is 159 cm³/mol. The van der Waals surface area contributed by atoms with Crippen LogP contribution in [0.2, 0.25) is 0 Å². The van der Waals surface area contributed by atoms with Crippen molar-refractivity contribution in [3.63, 3.8) is 0 Å². The molecule has 8 heteroatoms. The highest BCUT2D eigenvalue weighted by Gasteiger charge is 2.17. The Balaban J connectivity index is 1.20. The number of hydrogen-bond donors (Lipinski definition) is 1. The summed E-state index contributed by atoms with van der Waals surface area (Å²) in [5, 5.41) is 4.41. The van der Waals surface area contributed by atoms with Crippen LogP contribution in [0, 0.1) is 13.8 Å². The molecule has 0 bridgehead atoms. The Morgan fingerprint density at radius 3 is 2.62 bits per heavy atom. The zero-order valence-electron chi connectivity index (χ0n) is 22.5. The number of rotatable bonds is 7. The lowest BCUT2D eigenvalue weighted by molar-refractivity contribution is 0.267. The Kier molecular flexibility index (Phi) is 7.27. The van der Waals surface area contributed by atoms with Crippen LogP contribution in [0.3, 0.4) is 0 Å². The largest absolute Gasteiger partial charge is 0.460 e. The van der Waals surface area contributed by atoms with E-state index in [-0.39, 0.29) is 7.92 Å². The van der Waals surface area contributed by atoms with Gasteiger partial charge in [-0.25, -0.2) is 9.97 Å². The van der Waals surface area contributed by atoms with Crippen molar-refractivity contribution >= 4 is 30.3 Å². The molecular formula is C31H32N5O2P. The first-order valence-electron chi connectivity index (χ1n) is 13.2. The molecule has 2 aromatic carbocycles. The highest BCUT2D eigenvalue weighted by atomic mass is 31.1. The van der Waals surface area contributed by atoms with Crippen molar-refractivity contribution in [2.24, 2.45) is 0 Å². The first-order chi connectivity index (χ1) is 19.0. The number of aryl methyl sites for hydroxylation is 2. The lowest BCUT2D eigenvalue weighted by Gasteiger charge is -2.29. The van der Waals surface area contributed by atoms with Crippen LogP contribution >= 0.6 is 7.92 Å². The minimum absolute atomic E-state index is 0.223. The first kappa shape index (κ1) is 25.5. The maximum atomic E-state index is 6.27. The molecule has 1 aliphatic rings. The number of anilines is 2. The van der Waals surface area contributed by atoms with Crippen LogP contribution in [0.15, 0.2) is 77.6 Å². The Bertz CT molecular complexity index is 1590. The molecule has 6 rings (SSSR count). The summed E-state index contributed by atoms with van der Waals surface area (Å²) in [6.45, 7) is 9.58. The molecule has 0 amide bonds. The second-order valence-electron chi connectivity index (χ2n) is 10.1. The maximum absolute atomic E-state index is 6.27. The smallest absolute Gasteiger partial charge is 0.145 e. The monoisotopic (exact) mass is 537 g/mol. The highest BCUT2D eigenvalue weighted by molar-refractivity contribution is 7.56. The van der Waals surface area contributed by atoms with Gasteiger partial charge in [-0.05, 0) is 99.1 Å². The summed E-state index contributed by atoms with van der Waals surface area (Å²) in [5.41, 5.74) is 4.76. The molecule has 0 radical (unpaired) electrons. The Morgan fingerprint density at radius 2 is 1.82 bits per heavy atom. The van der Waals surface area contributed by atoms with Gasteiger partial charge in [0, 0.05) is 35.4 Å². The lowest BCUT2D eigenvalue weighted by atomic mass is 10.1. The van der Waals surface area contributed by atoms with E-state index in [1.807, 2.05) is 44.2 Å². The number of furan rings is 1. The summed E-state index contributed by atoms with van der Waals surface area (Å²) in [6.07, 6.45) is 5.97. The van der Waals surface area contributed by atoms with Crippen molar-refractivity contribution in [1.82, 2.24) is 19.9 Å². The SMILES string of the molecule is Cc1ccc(Oc2ccc(Nc3ncnc4ccc(-c5ccc(CN6CCP(C)CC6)o5)cc34)cc2C)cn1. The van der Waals surface area contributed by atoms with Crippen LogP contribution in [-0.2, 0) is 6.54 Å². The van der Waals surface area contributed by atoms with Gasteiger partial charge >= 0.3 is 0 Å². The molecule has 1 N–H and O–H groups in total. The van der Waals surface area contributed by atoms with Gasteiger partial charge in [-0.2, -0.15) is 0 Å². The highest BCUT2D eigenvalue weighted by Crippen LogP contribution is 2.34. The topological polar surface area (TPSA) is 76.3 Å². The van der Waals surface area contributed by atoms with Crippen LogP contribution in [0.1, 0.15) is 17.0 Å². The summed E-state index contributed by atoms with van der Waals surface area (Å²) in [5.74, 6) is 4.11. The van der Waals surface area contributed by atoms with Gasteiger partial charge in [0.05, 0.1) is 18.3 Å². The Hall–Kier alpha value is -3.80. The fourth-order valence-electron chi connectivity index (χ4n) is 4.77. The fraction of sp³-hybridized carbons (Fsp3) is 0.258. The Labute approximate surface area is 230 Å². The molecule has 4 heterocycles. The molecule has 0 unspecified atom stereocenters. The van der Waals surface area contributed by atoms with Gasteiger partial charge in [0.25, 0.3) is 0 Å². The van der Waals surface area contributed by atoms with Crippen molar-refractivity contribution in [2.75, 3.05) is 37.4 Å². The van der Waals surface area contributed by atoms with Crippen molar-refractivity contribution in [3.8, 4) is 22.8 Å². The molecule has 0 spiro atoms. The van der Waals surface area contributed by atoms with Gasteiger partial charge in [0.15, 0.2) is 0 Å². The third-order valence-electron chi connectivity index (χ3n) is 7.11. The molecule has 0 aliphatic carbocycles. The lowest BCUT2D eigenvalue weighted by Crippen LogP contribution is -2.32. The molecule has 0 saturated carbocycles. The fourth-order valence-corrected chi connectivity index (χ4v) is 6.25. The van der Waals surface area contributed by atoms with Gasteiger partial charge in [0.1, 0.15) is 35.2 Å². The molecule has 7 nitrogen and oxygen atoms in total. The maximum Gasteiger partial charge on any atom is 0.145 e. The van der Waals surface area contributed by atoms with Gasteiger partial charge in [-0.3, -0.25) is 9.88 Å². The zero-order valence-corrected chi connectivity index (χ0v) is 23.4. The average molecular weight is 538 g/mol. The van der Waals surface area contributed by atoms with Gasteiger partial charge in [-0.15, -0.1) is 7.92 Å².